The molecule has 4 nitrogen and oxygen atoms in total. The Morgan fingerprint density at radius 3 is 2.60 bits per heavy atom. The SMILES string of the molecule is COc1cccc(C(=O)N2CCCN(Cc3ccc(C)cc3)CC2)c1. The first kappa shape index (κ1) is 17.5. The van der Waals surface area contributed by atoms with Gasteiger partial charge in [0.1, 0.15) is 5.75 Å². The second-order valence-corrected chi connectivity index (χ2v) is 6.64. The van der Waals surface area contributed by atoms with Gasteiger partial charge in [-0.15, -0.1) is 0 Å². The third-order valence-electron chi connectivity index (χ3n) is 4.72. The van der Waals surface area contributed by atoms with Crippen LogP contribution < -0.4 is 4.74 Å². The lowest BCUT2D eigenvalue weighted by atomic mass is 10.1. The van der Waals surface area contributed by atoms with Crippen LogP contribution in [0.3, 0.4) is 0 Å². The zero-order valence-corrected chi connectivity index (χ0v) is 15.1. The molecular formula is C21H26N2O2. The molecule has 0 N–H and O–H groups in total. The smallest absolute Gasteiger partial charge is 0.254 e. The van der Waals surface area contributed by atoms with Gasteiger partial charge < -0.3 is 9.64 Å². The number of methoxy groups -OCH3 is 1. The largest absolute Gasteiger partial charge is 0.497 e. The van der Waals surface area contributed by atoms with Gasteiger partial charge >= 0.3 is 0 Å². The van der Waals surface area contributed by atoms with Crippen molar-refractivity contribution in [2.75, 3.05) is 33.3 Å². The molecule has 1 saturated heterocycles. The average Bonchev–Trinajstić information content (AvgIpc) is 2.88. The molecule has 4 heteroatoms. The number of hydrogen-bond acceptors (Lipinski definition) is 3. The van der Waals surface area contributed by atoms with E-state index in [9.17, 15) is 4.79 Å². The Balaban J connectivity index is 1.60. The van der Waals surface area contributed by atoms with Crippen LogP contribution in [-0.2, 0) is 6.54 Å². The van der Waals surface area contributed by atoms with Crippen molar-refractivity contribution in [1.29, 1.82) is 0 Å². The van der Waals surface area contributed by atoms with Crippen LogP contribution >= 0.6 is 0 Å². The molecule has 0 radical (unpaired) electrons. The molecule has 1 aliphatic heterocycles. The van der Waals surface area contributed by atoms with Gasteiger partial charge in [0, 0.05) is 38.3 Å². The van der Waals surface area contributed by atoms with E-state index in [1.807, 2.05) is 29.2 Å². The number of carbonyl (C=O) groups excluding carboxylic acids is 1. The highest BCUT2D eigenvalue weighted by Gasteiger charge is 2.20. The van der Waals surface area contributed by atoms with E-state index in [0.717, 1.165) is 44.9 Å². The summed E-state index contributed by atoms with van der Waals surface area (Å²) in [5.74, 6) is 0.817. The number of hydrogen-bond donors (Lipinski definition) is 0. The number of carbonyl (C=O) groups is 1. The molecule has 3 rings (SSSR count). The van der Waals surface area contributed by atoms with Crippen molar-refractivity contribution in [3.8, 4) is 5.75 Å². The molecule has 0 unspecified atom stereocenters. The van der Waals surface area contributed by atoms with Crippen LogP contribution in [0.5, 0.6) is 5.75 Å². The normalized spacial score (nSPS) is 15.7. The lowest BCUT2D eigenvalue weighted by molar-refractivity contribution is 0.0760. The molecule has 25 heavy (non-hydrogen) atoms. The minimum atomic E-state index is 0.0936. The van der Waals surface area contributed by atoms with Crippen LogP contribution in [-0.4, -0.2) is 49.0 Å². The number of aryl methyl sites for hydroxylation is 1. The van der Waals surface area contributed by atoms with Crippen LogP contribution in [0.4, 0.5) is 0 Å². The monoisotopic (exact) mass is 338 g/mol. The maximum absolute atomic E-state index is 12.8. The van der Waals surface area contributed by atoms with E-state index in [1.54, 1.807) is 7.11 Å². The number of nitrogens with zero attached hydrogens (tertiary/aromatic N) is 2. The van der Waals surface area contributed by atoms with Crippen molar-refractivity contribution in [3.05, 3.63) is 65.2 Å². The molecule has 0 saturated carbocycles. The van der Waals surface area contributed by atoms with Crippen LogP contribution in [0.1, 0.15) is 27.9 Å². The van der Waals surface area contributed by atoms with Gasteiger partial charge in [0.05, 0.1) is 7.11 Å². The zero-order chi connectivity index (χ0) is 17.6. The van der Waals surface area contributed by atoms with Crippen molar-refractivity contribution in [1.82, 2.24) is 9.80 Å². The predicted octanol–water partition coefficient (Wildman–Crippen LogP) is 3.35. The summed E-state index contributed by atoms with van der Waals surface area (Å²) in [5, 5.41) is 0. The molecule has 0 aliphatic carbocycles. The first-order valence-corrected chi connectivity index (χ1v) is 8.87. The van der Waals surface area contributed by atoms with E-state index >= 15 is 0 Å². The fraction of sp³-hybridized carbons (Fsp3) is 0.381. The van der Waals surface area contributed by atoms with Crippen molar-refractivity contribution in [2.45, 2.75) is 19.9 Å². The maximum Gasteiger partial charge on any atom is 0.254 e. The highest BCUT2D eigenvalue weighted by atomic mass is 16.5. The van der Waals surface area contributed by atoms with Crippen LogP contribution in [0.15, 0.2) is 48.5 Å². The molecule has 1 aliphatic rings. The Kier molecular flexibility index (Phi) is 5.71. The van der Waals surface area contributed by atoms with E-state index in [-0.39, 0.29) is 5.91 Å². The average molecular weight is 338 g/mol. The quantitative estimate of drug-likeness (QED) is 0.857. The number of amides is 1. The Hall–Kier alpha value is -2.33. The fourth-order valence-corrected chi connectivity index (χ4v) is 3.22. The predicted molar refractivity (Wildman–Crippen MR) is 100.0 cm³/mol. The van der Waals surface area contributed by atoms with E-state index in [0.29, 0.717) is 5.56 Å². The highest BCUT2D eigenvalue weighted by Crippen LogP contribution is 2.16. The topological polar surface area (TPSA) is 32.8 Å². The summed E-state index contributed by atoms with van der Waals surface area (Å²) >= 11 is 0. The summed E-state index contributed by atoms with van der Waals surface area (Å²) in [6, 6.07) is 16.1. The first-order chi connectivity index (χ1) is 12.2. The minimum Gasteiger partial charge on any atom is -0.497 e. The van der Waals surface area contributed by atoms with E-state index in [1.165, 1.54) is 11.1 Å². The Morgan fingerprint density at radius 2 is 1.84 bits per heavy atom. The van der Waals surface area contributed by atoms with Gasteiger partial charge in [0.2, 0.25) is 0 Å². The Morgan fingerprint density at radius 1 is 1.04 bits per heavy atom. The minimum absolute atomic E-state index is 0.0936. The number of rotatable bonds is 4. The van der Waals surface area contributed by atoms with Gasteiger partial charge in [-0.05, 0) is 37.1 Å². The third-order valence-corrected chi connectivity index (χ3v) is 4.72. The molecule has 2 aromatic rings. The Labute approximate surface area is 150 Å². The molecule has 1 amide bonds. The second kappa shape index (κ2) is 8.17. The van der Waals surface area contributed by atoms with Gasteiger partial charge in [-0.3, -0.25) is 9.69 Å². The summed E-state index contributed by atoms with van der Waals surface area (Å²) < 4.78 is 5.23. The molecule has 1 fully saturated rings. The molecule has 0 aromatic heterocycles. The molecule has 132 valence electrons. The molecule has 0 spiro atoms. The zero-order valence-electron chi connectivity index (χ0n) is 15.1. The second-order valence-electron chi connectivity index (χ2n) is 6.64. The van der Waals surface area contributed by atoms with Crippen molar-refractivity contribution >= 4 is 5.91 Å². The van der Waals surface area contributed by atoms with Gasteiger partial charge in [0.25, 0.3) is 5.91 Å². The summed E-state index contributed by atoms with van der Waals surface area (Å²) in [4.78, 5) is 17.2. The van der Waals surface area contributed by atoms with Crippen LogP contribution in [0.2, 0.25) is 0 Å². The van der Waals surface area contributed by atoms with Gasteiger partial charge in [-0.2, -0.15) is 0 Å². The lowest BCUT2D eigenvalue weighted by Crippen LogP contribution is -2.35. The standard InChI is InChI=1S/C21H26N2O2/c1-17-7-9-18(10-8-17)16-22-11-4-12-23(14-13-22)21(24)19-5-3-6-20(15-19)25-2/h3,5-10,15H,4,11-14,16H2,1-2H3. The number of benzene rings is 2. The summed E-state index contributed by atoms with van der Waals surface area (Å²) in [6.07, 6.45) is 1.00. The fourth-order valence-electron chi connectivity index (χ4n) is 3.22. The summed E-state index contributed by atoms with van der Waals surface area (Å²) in [6.45, 7) is 6.56. The van der Waals surface area contributed by atoms with Gasteiger partial charge in [-0.25, -0.2) is 0 Å². The van der Waals surface area contributed by atoms with Crippen LogP contribution in [0.25, 0.3) is 0 Å². The van der Waals surface area contributed by atoms with Crippen molar-refractivity contribution in [2.24, 2.45) is 0 Å². The van der Waals surface area contributed by atoms with E-state index < -0.39 is 0 Å². The first-order valence-electron chi connectivity index (χ1n) is 8.87. The molecule has 0 bridgehead atoms. The van der Waals surface area contributed by atoms with Gasteiger partial charge in [-0.1, -0.05) is 35.9 Å². The molecule has 0 atom stereocenters. The van der Waals surface area contributed by atoms with E-state index in [4.69, 9.17) is 4.74 Å². The lowest BCUT2D eigenvalue weighted by Gasteiger charge is -2.22. The third kappa shape index (κ3) is 4.60. The van der Waals surface area contributed by atoms with Gasteiger partial charge in [0.15, 0.2) is 0 Å². The number of ether oxygens (including phenoxy) is 1. The van der Waals surface area contributed by atoms with E-state index in [2.05, 4.69) is 36.1 Å². The Bertz CT molecular complexity index is 712. The molecule has 2 aromatic carbocycles. The van der Waals surface area contributed by atoms with Crippen molar-refractivity contribution in [3.63, 3.8) is 0 Å². The molecule has 1 heterocycles. The van der Waals surface area contributed by atoms with Crippen LogP contribution in [0, 0.1) is 6.92 Å². The maximum atomic E-state index is 12.8. The highest BCUT2D eigenvalue weighted by molar-refractivity contribution is 5.94. The summed E-state index contributed by atoms with van der Waals surface area (Å²) in [5.41, 5.74) is 3.32. The summed E-state index contributed by atoms with van der Waals surface area (Å²) in [7, 11) is 1.62. The molecular weight excluding hydrogens is 312 g/mol. The van der Waals surface area contributed by atoms with Crippen molar-refractivity contribution < 1.29 is 9.53 Å².